The SMILES string of the molecule is Cc1nccn1-c1ccc(S(=O)c2cccc(C3(C(N)=O)CCOCC3)c2)cc1. The fourth-order valence-corrected chi connectivity index (χ4v) is 4.92. The Hall–Kier alpha value is -2.77. The van der Waals surface area contributed by atoms with E-state index in [1.807, 2.05) is 66.2 Å². The summed E-state index contributed by atoms with van der Waals surface area (Å²) in [4.78, 5) is 17.9. The van der Waals surface area contributed by atoms with Crippen LogP contribution in [0.2, 0.25) is 0 Å². The molecule has 1 fully saturated rings. The highest BCUT2D eigenvalue weighted by atomic mass is 32.2. The summed E-state index contributed by atoms with van der Waals surface area (Å²) in [5.41, 5.74) is 6.78. The molecule has 1 atom stereocenters. The van der Waals surface area contributed by atoms with E-state index in [9.17, 15) is 9.00 Å². The van der Waals surface area contributed by atoms with Gasteiger partial charge in [-0.2, -0.15) is 0 Å². The predicted octanol–water partition coefficient (Wildman–Crippen LogP) is 2.88. The Morgan fingerprint density at radius 3 is 2.48 bits per heavy atom. The Kier molecular flexibility index (Phi) is 5.34. The molecule has 6 nitrogen and oxygen atoms in total. The predicted molar refractivity (Wildman–Crippen MR) is 110 cm³/mol. The average molecular weight is 410 g/mol. The lowest BCUT2D eigenvalue weighted by molar-refractivity contribution is -0.127. The van der Waals surface area contributed by atoms with E-state index in [0.717, 1.165) is 17.1 Å². The van der Waals surface area contributed by atoms with E-state index in [-0.39, 0.29) is 5.91 Å². The Bertz CT molecular complexity index is 1050. The maximum absolute atomic E-state index is 13.2. The van der Waals surface area contributed by atoms with Crippen molar-refractivity contribution >= 4 is 16.7 Å². The summed E-state index contributed by atoms with van der Waals surface area (Å²) in [6.45, 7) is 2.92. The average Bonchev–Trinajstić information content (AvgIpc) is 3.19. The number of amides is 1. The Morgan fingerprint density at radius 1 is 1.14 bits per heavy atom. The summed E-state index contributed by atoms with van der Waals surface area (Å²) in [5, 5.41) is 0. The Labute approximate surface area is 172 Å². The third-order valence-electron chi connectivity index (χ3n) is 5.57. The minimum absolute atomic E-state index is 0.358. The molecule has 1 saturated heterocycles. The van der Waals surface area contributed by atoms with Gasteiger partial charge in [0.2, 0.25) is 5.91 Å². The van der Waals surface area contributed by atoms with E-state index < -0.39 is 16.2 Å². The Balaban J connectivity index is 1.64. The van der Waals surface area contributed by atoms with Gasteiger partial charge in [0.25, 0.3) is 0 Å². The minimum atomic E-state index is -1.36. The fraction of sp³-hybridized carbons (Fsp3) is 0.273. The lowest BCUT2D eigenvalue weighted by Crippen LogP contribution is -2.45. The van der Waals surface area contributed by atoms with Crippen molar-refractivity contribution in [2.24, 2.45) is 5.73 Å². The number of carbonyl (C=O) groups is 1. The molecule has 3 aromatic rings. The van der Waals surface area contributed by atoms with E-state index in [1.54, 1.807) is 6.20 Å². The maximum atomic E-state index is 13.2. The molecule has 1 aliphatic heterocycles. The molecule has 2 N–H and O–H groups in total. The standard InChI is InChI=1S/C22H23N3O3S/c1-16-24-11-12-25(16)18-5-7-19(8-6-18)29(27)20-4-2-3-17(15-20)22(21(23)26)9-13-28-14-10-22/h2-8,11-12,15H,9-10,13-14H2,1H3,(H2,23,26). The largest absolute Gasteiger partial charge is 0.381 e. The second-order valence-corrected chi connectivity index (χ2v) is 8.67. The van der Waals surface area contributed by atoms with Crippen molar-refractivity contribution in [3.8, 4) is 5.69 Å². The number of ether oxygens (including phenoxy) is 1. The van der Waals surface area contributed by atoms with Crippen LogP contribution in [0.15, 0.2) is 70.7 Å². The van der Waals surface area contributed by atoms with Crippen LogP contribution in [0.5, 0.6) is 0 Å². The van der Waals surface area contributed by atoms with Gasteiger partial charge >= 0.3 is 0 Å². The van der Waals surface area contributed by atoms with Gasteiger partial charge in [0.05, 0.1) is 16.2 Å². The third-order valence-corrected chi connectivity index (χ3v) is 6.96. The molecule has 1 aliphatic rings. The van der Waals surface area contributed by atoms with Crippen molar-refractivity contribution in [3.63, 3.8) is 0 Å². The topological polar surface area (TPSA) is 87.2 Å². The molecule has 1 aromatic heterocycles. The molecule has 1 amide bonds. The van der Waals surface area contributed by atoms with E-state index in [1.165, 1.54) is 0 Å². The summed E-state index contributed by atoms with van der Waals surface area (Å²) in [5.74, 6) is 0.531. The number of hydrogen-bond acceptors (Lipinski definition) is 4. The molecule has 4 rings (SSSR count). The maximum Gasteiger partial charge on any atom is 0.228 e. The first-order chi connectivity index (χ1) is 14.0. The smallest absolute Gasteiger partial charge is 0.228 e. The van der Waals surface area contributed by atoms with Gasteiger partial charge < -0.3 is 15.0 Å². The highest BCUT2D eigenvalue weighted by Gasteiger charge is 2.40. The lowest BCUT2D eigenvalue weighted by atomic mass is 9.73. The summed E-state index contributed by atoms with van der Waals surface area (Å²) in [6, 6.07) is 15.0. The van der Waals surface area contributed by atoms with Crippen LogP contribution in [-0.2, 0) is 25.7 Å². The van der Waals surface area contributed by atoms with Crippen molar-refractivity contribution in [3.05, 3.63) is 72.3 Å². The van der Waals surface area contributed by atoms with Gasteiger partial charge in [0, 0.05) is 41.1 Å². The summed E-state index contributed by atoms with van der Waals surface area (Å²) in [6.07, 6.45) is 4.72. The summed E-state index contributed by atoms with van der Waals surface area (Å²) < 4.78 is 20.6. The number of aromatic nitrogens is 2. The quantitative estimate of drug-likeness (QED) is 0.702. The van der Waals surface area contributed by atoms with Gasteiger partial charge in [-0.15, -0.1) is 0 Å². The van der Waals surface area contributed by atoms with Crippen LogP contribution in [0.3, 0.4) is 0 Å². The second kappa shape index (κ2) is 7.93. The number of benzene rings is 2. The summed E-state index contributed by atoms with van der Waals surface area (Å²) >= 11 is 0. The minimum Gasteiger partial charge on any atom is -0.381 e. The zero-order chi connectivity index (χ0) is 20.4. The fourth-order valence-electron chi connectivity index (χ4n) is 3.82. The number of aryl methyl sites for hydroxylation is 1. The van der Waals surface area contributed by atoms with Crippen LogP contribution in [-0.4, -0.2) is 32.9 Å². The first-order valence-corrected chi connectivity index (χ1v) is 10.7. The van der Waals surface area contributed by atoms with Crippen molar-refractivity contribution in [2.45, 2.75) is 35.0 Å². The number of imidazole rings is 1. The van der Waals surface area contributed by atoms with Gasteiger partial charge in [0.15, 0.2) is 0 Å². The molecule has 0 bridgehead atoms. The van der Waals surface area contributed by atoms with Crippen LogP contribution >= 0.6 is 0 Å². The summed E-state index contributed by atoms with van der Waals surface area (Å²) in [7, 11) is -1.36. The van der Waals surface area contributed by atoms with E-state index in [0.29, 0.717) is 35.8 Å². The van der Waals surface area contributed by atoms with Crippen LogP contribution in [0.4, 0.5) is 0 Å². The van der Waals surface area contributed by atoms with Crippen molar-refractivity contribution < 1.29 is 13.7 Å². The Morgan fingerprint density at radius 2 is 1.86 bits per heavy atom. The second-order valence-electron chi connectivity index (χ2n) is 7.19. The van der Waals surface area contributed by atoms with Crippen LogP contribution in [0.25, 0.3) is 5.69 Å². The molecule has 29 heavy (non-hydrogen) atoms. The van der Waals surface area contributed by atoms with Crippen LogP contribution in [0, 0.1) is 6.92 Å². The van der Waals surface area contributed by atoms with E-state index in [4.69, 9.17) is 10.5 Å². The first kappa shape index (κ1) is 19.5. The van der Waals surface area contributed by atoms with Crippen LogP contribution in [0.1, 0.15) is 24.2 Å². The zero-order valence-electron chi connectivity index (χ0n) is 16.2. The number of hydrogen-bond donors (Lipinski definition) is 1. The molecular formula is C22H23N3O3S. The normalized spacial score (nSPS) is 17.0. The number of nitrogens with zero attached hydrogens (tertiary/aromatic N) is 2. The molecule has 7 heteroatoms. The van der Waals surface area contributed by atoms with Crippen molar-refractivity contribution in [1.29, 1.82) is 0 Å². The van der Waals surface area contributed by atoms with E-state index in [2.05, 4.69) is 4.98 Å². The molecule has 0 aliphatic carbocycles. The lowest BCUT2D eigenvalue weighted by Gasteiger charge is -2.34. The molecule has 0 spiro atoms. The monoisotopic (exact) mass is 409 g/mol. The van der Waals surface area contributed by atoms with Gasteiger partial charge in [-0.3, -0.25) is 4.79 Å². The highest BCUT2D eigenvalue weighted by Crippen LogP contribution is 2.35. The number of primary amides is 1. The molecule has 2 aromatic carbocycles. The van der Waals surface area contributed by atoms with Crippen molar-refractivity contribution in [1.82, 2.24) is 9.55 Å². The molecular weight excluding hydrogens is 386 g/mol. The highest BCUT2D eigenvalue weighted by molar-refractivity contribution is 7.85. The molecule has 2 heterocycles. The van der Waals surface area contributed by atoms with E-state index >= 15 is 0 Å². The van der Waals surface area contributed by atoms with Gasteiger partial charge in [-0.05, 0) is 61.7 Å². The first-order valence-electron chi connectivity index (χ1n) is 9.52. The number of rotatable bonds is 5. The third kappa shape index (κ3) is 3.63. The molecule has 1 unspecified atom stereocenters. The zero-order valence-corrected chi connectivity index (χ0v) is 17.0. The van der Waals surface area contributed by atoms with Gasteiger partial charge in [-0.1, -0.05) is 12.1 Å². The molecule has 0 saturated carbocycles. The van der Waals surface area contributed by atoms with Gasteiger partial charge in [0.1, 0.15) is 5.82 Å². The molecule has 150 valence electrons. The number of carbonyl (C=O) groups excluding carboxylic acids is 1. The van der Waals surface area contributed by atoms with Gasteiger partial charge in [-0.25, -0.2) is 9.19 Å². The van der Waals surface area contributed by atoms with Crippen LogP contribution < -0.4 is 5.73 Å². The number of nitrogens with two attached hydrogens (primary N) is 1. The molecule has 0 radical (unpaired) electrons. The van der Waals surface area contributed by atoms with Crippen molar-refractivity contribution in [2.75, 3.05) is 13.2 Å².